The summed E-state index contributed by atoms with van der Waals surface area (Å²) in [6.07, 6.45) is 4.99. The first-order valence-corrected chi connectivity index (χ1v) is 11.7. The lowest BCUT2D eigenvalue weighted by atomic mass is 10.0. The smallest absolute Gasteiger partial charge is 0.244 e. The van der Waals surface area contributed by atoms with Gasteiger partial charge in [-0.25, -0.2) is 8.42 Å². The van der Waals surface area contributed by atoms with Crippen LogP contribution in [0.25, 0.3) is 6.08 Å². The standard InChI is InChI=1S/C23H28N2O4S/c1-2-6-22(20-7-4-3-5-8-20)24-23(26)14-11-19-9-12-21(13-10-19)30(27,28)25-15-17-29-18-16-25/h3-5,7-14,22H,2,6,15-18H2,1H3,(H,24,26)/b14-11+. The molecule has 2 aromatic rings. The Morgan fingerprint density at radius 1 is 1.10 bits per heavy atom. The number of benzene rings is 2. The van der Waals surface area contributed by atoms with Gasteiger partial charge in [0, 0.05) is 19.2 Å². The van der Waals surface area contributed by atoms with E-state index >= 15 is 0 Å². The van der Waals surface area contributed by atoms with Crippen molar-refractivity contribution in [1.82, 2.24) is 9.62 Å². The predicted molar refractivity (Wildman–Crippen MR) is 117 cm³/mol. The monoisotopic (exact) mass is 428 g/mol. The van der Waals surface area contributed by atoms with Gasteiger partial charge in [-0.05, 0) is 35.8 Å². The summed E-state index contributed by atoms with van der Waals surface area (Å²) in [5.41, 5.74) is 1.84. The number of morpholine rings is 1. The van der Waals surface area contributed by atoms with E-state index in [2.05, 4.69) is 12.2 Å². The average molecular weight is 429 g/mol. The third kappa shape index (κ3) is 5.78. The van der Waals surface area contributed by atoms with Crippen LogP contribution in [0.2, 0.25) is 0 Å². The highest BCUT2D eigenvalue weighted by Gasteiger charge is 2.25. The molecule has 0 radical (unpaired) electrons. The number of hydrogen-bond acceptors (Lipinski definition) is 4. The topological polar surface area (TPSA) is 75.7 Å². The van der Waals surface area contributed by atoms with Crippen molar-refractivity contribution in [3.8, 4) is 0 Å². The van der Waals surface area contributed by atoms with E-state index in [4.69, 9.17) is 4.74 Å². The number of nitrogens with zero attached hydrogens (tertiary/aromatic N) is 1. The van der Waals surface area contributed by atoms with Gasteiger partial charge in [0.15, 0.2) is 0 Å². The van der Waals surface area contributed by atoms with Crippen LogP contribution < -0.4 is 5.32 Å². The van der Waals surface area contributed by atoms with E-state index in [-0.39, 0.29) is 16.8 Å². The minimum absolute atomic E-state index is 0.0330. The Morgan fingerprint density at radius 3 is 2.40 bits per heavy atom. The Labute approximate surface area is 178 Å². The molecule has 3 rings (SSSR count). The van der Waals surface area contributed by atoms with Gasteiger partial charge in [-0.15, -0.1) is 0 Å². The third-order valence-electron chi connectivity index (χ3n) is 5.01. The van der Waals surface area contributed by atoms with E-state index in [1.165, 1.54) is 10.4 Å². The highest BCUT2D eigenvalue weighted by Crippen LogP contribution is 2.19. The maximum Gasteiger partial charge on any atom is 0.244 e. The third-order valence-corrected chi connectivity index (χ3v) is 6.92. The highest BCUT2D eigenvalue weighted by atomic mass is 32.2. The SMILES string of the molecule is CCCC(NC(=O)/C=C/c1ccc(S(=O)(=O)N2CCOCC2)cc1)c1ccccc1. The van der Waals surface area contributed by atoms with Gasteiger partial charge in [0.05, 0.1) is 24.2 Å². The van der Waals surface area contributed by atoms with Crippen molar-refractivity contribution in [2.45, 2.75) is 30.7 Å². The molecule has 1 amide bonds. The lowest BCUT2D eigenvalue weighted by molar-refractivity contribution is -0.117. The molecule has 1 unspecified atom stereocenters. The summed E-state index contributed by atoms with van der Waals surface area (Å²) >= 11 is 0. The first-order valence-electron chi connectivity index (χ1n) is 10.2. The van der Waals surface area contributed by atoms with Crippen LogP contribution in [0.5, 0.6) is 0 Å². The van der Waals surface area contributed by atoms with Gasteiger partial charge in [0.1, 0.15) is 0 Å². The molecule has 1 aliphatic rings. The summed E-state index contributed by atoms with van der Waals surface area (Å²) in [4.78, 5) is 12.6. The van der Waals surface area contributed by atoms with Crippen molar-refractivity contribution in [2.75, 3.05) is 26.3 Å². The summed E-state index contributed by atoms with van der Waals surface area (Å²) in [5.74, 6) is -0.178. The van der Waals surface area contributed by atoms with Crippen molar-refractivity contribution < 1.29 is 17.9 Å². The van der Waals surface area contributed by atoms with Crippen molar-refractivity contribution in [3.05, 3.63) is 71.8 Å². The first kappa shape index (κ1) is 22.2. The molecule has 0 bridgehead atoms. The van der Waals surface area contributed by atoms with Crippen LogP contribution in [-0.2, 0) is 19.6 Å². The van der Waals surface area contributed by atoms with Crippen molar-refractivity contribution in [2.24, 2.45) is 0 Å². The second kappa shape index (κ2) is 10.5. The molecule has 1 saturated heterocycles. The molecular formula is C23H28N2O4S. The van der Waals surface area contributed by atoms with E-state index in [1.807, 2.05) is 30.3 Å². The zero-order valence-electron chi connectivity index (χ0n) is 17.2. The average Bonchev–Trinajstić information content (AvgIpc) is 2.79. The molecule has 1 fully saturated rings. The van der Waals surface area contributed by atoms with E-state index < -0.39 is 10.0 Å². The molecule has 7 heteroatoms. The minimum Gasteiger partial charge on any atom is -0.379 e. The zero-order chi connectivity index (χ0) is 21.4. The van der Waals surface area contributed by atoms with Gasteiger partial charge < -0.3 is 10.1 Å². The molecule has 160 valence electrons. The fourth-order valence-corrected chi connectivity index (χ4v) is 4.78. The van der Waals surface area contributed by atoms with Crippen molar-refractivity contribution >= 4 is 22.0 Å². The molecule has 1 aliphatic heterocycles. The minimum atomic E-state index is -3.51. The molecule has 1 N–H and O–H groups in total. The van der Waals surface area contributed by atoms with Crippen LogP contribution in [-0.4, -0.2) is 44.9 Å². The number of rotatable bonds is 8. The lowest BCUT2D eigenvalue weighted by Crippen LogP contribution is -2.40. The Bertz CT molecular complexity index is 950. The molecule has 30 heavy (non-hydrogen) atoms. The van der Waals surface area contributed by atoms with Gasteiger partial charge >= 0.3 is 0 Å². The summed E-state index contributed by atoms with van der Waals surface area (Å²) in [7, 11) is -3.51. The quantitative estimate of drug-likeness (QED) is 0.654. The molecular weight excluding hydrogens is 400 g/mol. The fourth-order valence-electron chi connectivity index (χ4n) is 3.37. The summed E-state index contributed by atoms with van der Waals surface area (Å²) in [6.45, 7) is 3.65. The summed E-state index contributed by atoms with van der Waals surface area (Å²) < 4.78 is 32.0. The molecule has 0 saturated carbocycles. The van der Waals surface area contributed by atoms with Crippen LogP contribution in [0.4, 0.5) is 0 Å². The number of carbonyl (C=O) groups excluding carboxylic acids is 1. The maximum atomic E-state index is 12.7. The first-order chi connectivity index (χ1) is 14.5. The molecule has 6 nitrogen and oxygen atoms in total. The Balaban J connectivity index is 1.63. The summed E-state index contributed by atoms with van der Waals surface area (Å²) in [6, 6.07) is 16.4. The number of nitrogens with one attached hydrogen (secondary N) is 1. The van der Waals surface area contributed by atoms with Gasteiger partial charge in [-0.1, -0.05) is 55.8 Å². The Kier molecular flexibility index (Phi) is 7.79. The number of carbonyl (C=O) groups is 1. The van der Waals surface area contributed by atoms with Crippen LogP contribution in [0, 0.1) is 0 Å². The number of ether oxygens (including phenoxy) is 1. The number of amides is 1. The Morgan fingerprint density at radius 2 is 1.77 bits per heavy atom. The fraction of sp³-hybridized carbons (Fsp3) is 0.348. The van der Waals surface area contributed by atoms with Crippen LogP contribution in [0.15, 0.2) is 65.6 Å². The molecule has 1 atom stereocenters. The largest absolute Gasteiger partial charge is 0.379 e. The van der Waals surface area contributed by atoms with E-state index in [0.29, 0.717) is 26.3 Å². The van der Waals surface area contributed by atoms with Gasteiger partial charge in [0.2, 0.25) is 15.9 Å². The summed E-state index contributed by atoms with van der Waals surface area (Å²) in [5, 5.41) is 3.04. The normalized spacial score (nSPS) is 16.4. The van der Waals surface area contributed by atoms with Gasteiger partial charge in [0.25, 0.3) is 0 Å². The zero-order valence-corrected chi connectivity index (χ0v) is 18.0. The van der Waals surface area contributed by atoms with Gasteiger partial charge in [-0.2, -0.15) is 4.31 Å². The molecule has 0 aliphatic carbocycles. The Hall–Kier alpha value is -2.48. The van der Waals surface area contributed by atoms with Crippen molar-refractivity contribution in [1.29, 1.82) is 0 Å². The molecule has 0 spiro atoms. The van der Waals surface area contributed by atoms with Gasteiger partial charge in [-0.3, -0.25) is 4.79 Å². The predicted octanol–water partition coefficient (Wildman–Crippen LogP) is 3.38. The molecule has 0 aromatic heterocycles. The van der Waals surface area contributed by atoms with E-state index in [9.17, 15) is 13.2 Å². The van der Waals surface area contributed by atoms with Crippen LogP contribution in [0.3, 0.4) is 0 Å². The molecule has 2 aromatic carbocycles. The number of hydrogen-bond donors (Lipinski definition) is 1. The van der Waals surface area contributed by atoms with Crippen LogP contribution in [0.1, 0.15) is 36.9 Å². The van der Waals surface area contributed by atoms with Crippen LogP contribution >= 0.6 is 0 Å². The molecule has 1 heterocycles. The van der Waals surface area contributed by atoms with E-state index in [0.717, 1.165) is 24.0 Å². The second-order valence-electron chi connectivity index (χ2n) is 7.18. The maximum absolute atomic E-state index is 12.7. The lowest BCUT2D eigenvalue weighted by Gasteiger charge is -2.26. The second-order valence-corrected chi connectivity index (χ2v) is 9.12. The highest BCUT2D eigenvalue weighted by molar-refractivity contribution is 7.89. The van der Waals surface area contributed by atoms with E-state index in [1.54, 1.807) is 30.3 Å². The number of sulfonamides is 1. The van der Waals surface area contributed by atoms with Crippen molar-refractivity contribution in [3.63, 3.8) is 0 Å².